The predicted molar refractivity (Wildman–Crippen MR) is 100 cm³/mol. The van der Waals surface area contributed by atoms with Gasteiger partial charge in [-0.2, -0.15) is 0 Å². The Kier molecular flexibility index (Phi) is 9.51. The Hall–Kier alpha value is -1.04. The monoisotopic (exact) mass is 362 g/mol. The van der Waals surface area contributed by atoms with E-state index in [4.69, 9.17) is 0 Å². The standard InChI is InChI=1S/C16H26N4O.2ClH/c1-5-19(12(2)3)15-7-6-14(11-18-15)16(21)20-9-8-17-10-13(20)4;;/h6-7,11-13,17H,5,8-10H2,1-4H3;2*1H/t13-;;/m0../s1. The van der Waals surface area contributed by atoms with E-state index in [1.807, 2.05) is 17.0 Å². The first-order chi connectivity index (χ1) is 10.0. The van der Waals surface area contributed by atoms with Gasteiger partial charge in [0.25, 0.3) is 5.91 Å². The van der Waals surface area contributed by atoms with Crippen molar-refractivity contribution in [3.05, 3.63) is 23.9 Å². The number of hydrogen-bond donors (Lipinski definition) is 1. The van der Waals surface area contributed by atoms with Crippen LogP contribution in [-0.2, 0) is 0 Å². The van der Waals surface area contributed by atoms with E-state index in [2.05, 4.69) is 42.9 Å². The summed E-state index contributed by atoms with van der Waals surface area (Å²) in [6.07, 6.45) is 1.71. The van der Waals surface area contributed by atoms with Crippen LogP contribution in [0.2, 0.25) is 0 Å². The minimum Gasteiger partial charge on any atom is -0.354 e. The Morgan fingerprint density at radius 1 is 1.43 bits per heavy atom. The normalized spacial score (nSPS) is 17.3. The predicted octanol–water partition coefficient (Wildman–Crippen LogP) is 2.59. The van der Waals surface area contributed by atoms with Crippen LogP contribution < -0.4 is 10.2 Å². The highest BCUT2D eigenvalue weighted by atomic mass is 35.5. The van der Waals surface area contributed by atoms with E-state index in [1.165, 1.54) is 0 Å². The Morgan fingerprint density at radius 2 is 2.13 bits per heavy atom. The van der Waals surface area contributed by atoms with E-state index in [9.17, 15) is 4.79 Å². The maximum Gasteiger partial charge on any atom is 0.255 e. The number of anilines is 1. The van der Waals surface area contributed by atoms with Crippen molar-refractivity contribution in [3.63, 3.8) is 0 Å². The lowest BCUT2D eigenvalue weighted by atomic mass is 10.1. The molecule has 0 unspecified atom stereocenters. The van der Waals surface area contributed by atoms with Crippen LogP contribution in [0.4, 0.5) is 5.82 Å². The number of nitrogens with zero attached hydrogens (tertiary/aromatic N) is 3. The van der Waals surface area contributed by atoms with Crippen molar-refractivity contribution in [2.45, 2.75) is 39.8 Å². The number of nitrogens with one attached hydrogen (secondary N) is 1. The molecule has 0 spiro atoms. The Morgan fingerprint density at radius 3 is 2.61 bits per heavy atom. The third-order valence-electron chi connectivity index (χ3n) is 4.02. The summed E-state index contributed by atoms with van der Waals surface area (Å²) in [6.45, 7) is 11.9. The molecule has 0 bridgehead atoms. The molecule has 1 saturated heterocycles. The van der Waals surface area contributed by atoms with Gasteiger partial charge in [0.15, 0.2) is 0 Å². The van der Waals surface area contributed by atoms with Crippen LogP contribution in [0.3, 0.4) is 0 Å². The number of carbonyl (C=O) groups is 1. The van der Waals surface area contributed by atoms with Crippen molar-refractivity contribution < 1.29 is 4.79 Å². The molecule has 23 heavy (non-hydrogen) atoms. The van der Waals surface area contributed by atoms with Gasteiger partial charge < -0.3 is 15.1 Å². The van der Waals surface area contributed by atoms with Gasteiger partial charge in [-0.1, -0.05) is 0 Å². The average molecular weight is 363 g/mol. The first kappa shape index (κ1) is 22.0. The van der Waals surface area contributed by atoms with Crippen molar-refractivity contribution >= 4 is 36.5 Å². The fraction of sp³-hybridized carbons (Fsp3) is 0.625. The van der Waals surface area contributed by atoms with Crippen LogP contribution in [0, 0.1) is 0 Å². The van der Waals surface area contributed by atoms with Gasteiger partial charge in [0.1, 0.15) is 5.82 Å². The van der Waals surface area contributed by atoms with Crippen LogP contribution in [-0.4, -0.2) is 54.1 Å². The highest BCUT2D eigenvalue weighted by Crippen LogP contribution is 2.16. The van der Waals surface area contributed by atoms with E-state index >= 15 is 0 Å². The summed E-state index contributed by atoms with van der Waals surface area (Å²) in [6, 6.07) is 4.47. The third kappa shape index (κ3) is 5.23. The lowest BCUT2D eigenvalue weighted by molar-refractivity contribution is 0.0655. The highest BCUT2D eigenvalue weighted by molar-refractivity contribution is 5.94. The van der Waals surface area contributed by atoms with E-state index in [-0.39, 0.29) is 36.8 Å². The largest absolute Gasteiger partial charge is 0.354 e. The molecule has 1 aromatic heterocycles. The zero-order chi connectivity index (χ0) is 15.4. The summed E-state index contributed by atoms with van der Waals surface area (Å²) >= 11 is 0. The Labute approximate surface area is 151 Å². The Balaban J connectivity index is 0.00000242. The molecule has 0 aliphatic carbocycles. The van der Waals surface area contributed by atoms with Crippen molar-refractivity contribution in [2.75, 3.05) is 31.1 Å². The molecule has 2 rings (SSSR count). The molecule has 5 nitrogen and oxygen atoms in total. The van der Waals surface area contributed by atoms with Crippen molar-refractivity contribution in [2.24, 2.45) is 0 Å². The number of amides is 1. The summed E-state index contributed by atoms with van der Waals surface area (Å²) in [4.78, 5) is 21.1. The number of carbonyl (C=O) groups excluding carboxylic acids is 1. The van der Waals surface area contributed by atoms with Gasteiger partial charge in [0.05, 0.1) is 5.56 Å². The Bertz CT molecular complexity index is 481. The van der Waals surface area contributed by atoms with Crippen LogP contribution in [0.5, 0.6) is 0 Å². The molecule has 0 aromatic carbocycles. The molecule has 132 valence electrons. The summed E-state index contributed by atoms with van der Waals surface area (Å²) in [5, 5.41) is 3.30. The second-order valence-corrected chi connectivity index (χ2v) is 5.84. The number of halogens is 2. The van der Waals surface area contributed by atoms with Gasteiger partial charge >= 0.3 is 0 Å². The van der Waals surface area contributed by atoms with Crippen molar-refractivity contribution in [1.29, 1.82) is 0 Å². The molecule has 1 aliphatic rings. The van der Waals surface area contributed by atoms with E-state index in [0.717, 1.165) is 32.0 Å². The van der Waals surface area contributed by atoms with Crippen LogP contribution in [0.1, 0.15) is 38.1 Å². The summed E-state index contributed by atoms with van der Waals surface area (Å²) in [5.74, 6) is 1.01. The lowest BCUT2D eigenvalue weighted by Gasteiger charge is -2.34. The number of piperazine rings is 1. The molecule has 1 fully saturated rings. The molecule has 7 heteroatoms. The van der Waals surface area contributed by atoms with E-state index in [0.29, 0.717) is 11.6 Å². The average Bonchev–Trinajstić information content (AvgIpc) is 2.48. The molecule has 1 amide bonds. The van der Waals surface area contributed by atoms with Crippen molar-refractivity contribution in [3.8, 4) is 0 Å². The maximum absolute atomic E-state index is 12.5. The molecule has 0 radical (unpaired) electrons. The topological polar surface area (TPSA) is 48.5 Å². The fourth-order valence-corrected chi connectivity index (χ4v) is 2.78. The minimum absolute atomic E-state index is 0. The summed E-state index contributed by atoms with van der Waals surface area (Å²) < 4.78 is 0. The minimum atomic E-state index is 0. The van der Waals surface area contributed by atoms with Gasteiger partial charge in [-0.3, -0.25) is 4.79 Å². The van der Waals surface area contributed by atoms with Gasteiger partial charge in [-0.15, -0.1) is 24.8 Å². The molecule has 1 N–H and O–H groups in total. The number of hydrogen-bond acceptors (Lipinski definition) is 4. The fourth-order valence-electron chi connectivity index (χ4n) is 2.78. The summed E-state index contributed by atoms with van der Waals surface area (Å²) in [5.41, 5.74) is 0.673. The van der Waals surface area contributed by atoms with Crippen LogP contribution in [0.25, 0.3) is 0 Å². The third-order valence-corrected chi connectivity index (χ3v) is 4.02. The molecule has 1 aliphatic heterocycles. The highest BCUT2D eigenvalue weighted by Gasteiger charge is 2.24. The number of rotatable bonds is 4. The molecule has 1 atom stereocenters. The number of aromatic nitrogens is 1. The van der Waals surface area contributed by atoms with Crippen LogP contribution in [0.15, 0.2) is 18.3 Å². The molecular formula is C16H28Cl2N4O. The van der Waals surface area contributed by atoms with Gasteiger partial charge in [0, 0.05) is 44.5 Å². The van der Waals surface area contributed by atoms with Crippen molar-refractivity contribution in [1.82, 2.24) is 15.2 Å². The van der Waals surface area contributed by atoms with Gasteiger partial charge in [-0.05, 0) is 39.8 Å². The van der Waals surface area contributed by atoms with Gasteiger partial charge in [-0.25, -0.2) is 4.98 Å². The zero-order valence-corrected chi connectivity index (χ0v) is 15.9. The quantitative estimate of drug-likeness (QED) is 0.894. The molecule has 0 saturated carbocycles. The molecule has 2 heterocycles. The smallest absolute Gasteiger partial charge is 0.255 e. The first-order valence-corrected chi connectivity index (χ1v) is 7.79. The maximum atomic E-state index is 12.5. The van der Waals surface area contributed by atoms with E-state index < -0.39 is 0 Å². The lowest BCUT2D eigenvalue weighted by Crippen LogP contribution is -2.52. The second kappa shape index (κ2) is 9.96. The summed E-state index contributed by atoms with van der Waals surface area (Å²) in [7, 11) is 0. The second-order valence-electron chi connectivity index (χ2n) is 5.84. The molecular weight excluding hydrogens is 335 g/mol. The number of pyridine rings is 1. The van der Waals surface area contributed by atoms with E-state index in [1.54, 1.807) is 6.20 Å². The SMILES string of the molecule is CCN(c1ccc(C(=O)N2CCNC[C@@H]2C)cn1)C(C)C.Cl.Cl. The molecule has 1 aromatic rings. The van der Waals surface area contributed by atoms with Crippen LogP contribution >= 0.6 is 24.8 Å². The van der Waals surface area contributed by atoms with Gasteiger partial charge in [0.2, 0.25) is 0 Å². The first-order valence-electron chi connectivity index (χ1n) is 7.79. The zero-order valence-electron chi connectivity index (χ0n) is 14.3.